The summed E-state index contributed by atoms with van der Waals surface area (Å²) in [5, 5.41) is 5.60. The van der Waals surface area contributed by atoms with Crippen LogP contribution >= 0.6 is 0 Å². The Kier molecular flexibility index (Phi) is 3.25. The van der Waals surface area contributed by atoms with Gasteiger partial charge in [0, 0.05) is 41.6 Å². The van der Waals surface area contributed by atoms with E-state index in [1.807, 2.05) is 17.9 Å². The number of nitrogens with zero attached hydrogens (tertiary/aromatic N) is 3. The third-order valence-electron chi connectivity index (χ3n) is 5.15. The van der Waals surface area contributed by atoms with Crippen LogP contribution < -0.4 is 0 Å². The van der Waals surface area contributed by atoms with E-state index in [0.717, 1.165) is 5.65 Å². The molecule has 3 aromatic rings. The van der Waals surface area contributed by atoms with E-state index in [1.165, 1.54) is 59.9 Å². The van der Waals surface area contributed by atoms with Gasteiger partial charge in [0.1, 0.15) is 5.65 Å². The first-order chi connectivity index (χ1) is 10.7. The number of aromatic nitrogens is 4. The highest BCUT2D eigenvalue weighted by atomic mass is 15.3. The number of aryl methyl sites for hydroxylation is 1. The van der Waals surface area contributed by atoms with E-state index in [-0.39, 0.29) is 0 Å². The molecular formula is C18H22N4. The Morgan fingerprint density at radius 1 is 1.14 bits per heavy atom. The summed E-state index contributed by atoms with van der Waals surface area (Å²) in [5.41, 5.74) is 5.96. The van der Waals surface area contributed by atoms with Gasteiger partial charge in [-0.25, -0.2) is 4.98 Å². The van der Waals surface area contributed by atoms with Gasteiger partial charge in [0.05, 0.1) is 6.20 Å². The molecule has 1 aliphatic rings. The number of hydrogen-bond donors (Lipinski definition) is 1. The lowest BCUT2D eigenvalue weighted by Crippen LogP contribution is -2.04. The molecule has 0 bridgehead atoms. The van der Waals surface area contributed by atoms with Gasteiger partial charge in [0.15, 0.2) is 0 Å². The fraction of sp³-hybridized carbons (Fsp3) is 0.444. The molecule has 0 unspecified atom stereocenters. The molecule has 1 N–H and O–H groups in total. The average molecular weight is 294 g/mol. The second-order valence-corrected chi connectivity index (χ2v) is 6.47. The van der Waals surface area contributed by atoms with Crippen LogP contribution in [-0.4, -0.2) is 19.7 Å². The van der Waals surface area contributed by atoms with Crippen LogP contribution in [0.25, 0.3) is 22.2 Å². The largest absolute Gasteiger partial charge is 0.346 e. The van der Waals surface area contributed by atoms with Gasteiger partial charge in [0.25, 0.3) is 0 Å². The number of nitrogens with one attached hydrogen (secondary N) is 1. The van der Waals surface area contributed by atoms with Gasteiger partial charge in [-0.05, 0) is 37.3 Å². The molecule has 4 nitrogen and oxygen atoms in total. The van der Waals surface area contributed by atoms with Crippen molar-refractivity contribution in [3.63, 3.8) is 0 Å². The fourth-order valence-electron chi connectivity index (χ4n) is 3.66. The molecular weight excluding hydrogens is 272 g/mol. The molecule has 0 aromatic carbocycles. The number of hydrogen-bond acceptors (Lipinski definition) is 2. The van der Waals surface area contributed by atoms with Crippen LogP contribution in [0.1, 0.15) is 49.3 Å². The Morgan fingerprint density at radius 3 is 2.68 bits per heavy atom. The molecule has 0 atom stereocenters. The lowest BCUT2D eigenvalue weighted by Gasteiger charge is -2.21. The van der Waals surface area contributed by atoms with Crippen molar-refractivity contribution in [3.8, 4) is 11.1 Å². The summed E-state index contributed by atoms with van der Waals surface area (Å²) < 4.78 is 1.92. The normalized spacial score (nSPS) is 16.5. The van der Waals surface area contributed by atoms with Gasteiger partial charge >= 0.3 is 0 Å². The summed E-state index contributed by atoms with van der Waals surface area (Å²) >= 11 is 0. The average Bonchev–Trinajstić information content (AvgIpc) is 3.12. The van der Waals surface area contributed by atoms with Crippen molar-refractivity contribution in [3.05, 3.63) is 35.9 Å². The second kappa shape index (κ2) is 5.27. The van der Waals surface area contributed by atoms with Crippen LogP contribution in [0.2, 0.25) is 0 Å². The van der Waals surface area contributed by atoms with Crippen LogP contribution in [-0.2, 0) is 7.05 Å². The maximum absolute atomic E-state index is 4.66. The summed E-state index contributed by atoms with van der Waals surface area (Å²) in [7, 11) is 1.99. The van der Waals surface area contributed by atoms with Crippen molar-refractivity contribution >= 4 is 11.0 Å². The van der Waals surface area contributed by atoms with Gasteiger partial charge in [0.2, 0.25) is 0 Å². The van der Waals surface area contributed by atoms with Crippen LogP contribution in [0.3, 0.4) is 0 Å². The quantitative estimate of drug-likeness (QED) is 0.765. The molecule has 3 heterocycles. The molecule has 1 saturated carbocycles. The topological polar surface area (TPSA) is 46.5 Å². The minimum atomic E-state index is 0.684. The van der Waals surface area contributed by atoms with Crippen molar-refractivity contribution in [2.24, 2.45) is 7.05 Å². The lowest BCUT2D eigenvalue weighted by molar-refractivity contribution is 0.443. The van der Waals surface area contributed by atoms with Crippen molar-refractivity contribution in [1.29, 1.82) is 0 Å². The van der Waals surface area contributed by atoms with Crippen LogP contribution in [0, 0.1) is 6.92 Å². The number of aromatic amines is 1. The summed E-state index contributed by atoms with van der Waals surface area (Å²) in [4.78, 5) is 7.96. The highest BCUT2D eigenvalue weighted by Crippen LogP contribution is 2.36. The molecule has 3 aromatic heterocycles. The first-order valence-corrected chi connectivity index (χ1v) is 8.20. The van der Waals surface area contributed by atoms with Gasteiger partial charge in [-0.2, -0.15) is 5.10 Å². The maximum atomic E-state index is 4.66. The van der Waals surface area contributed by atoms with E-state index >= 15 is 0 Å². The first kappa shape index (κ1) is 13.6. The molecule has 0 radical (unpaired) electrons. The monoisotopic (exact) mass is 294 g/mol. The Morgan fingerprint density at radius 2 is 1.95 bits per heavy atom. The van der Waals surface area contributed by atoms with Crippen molar-refractivity contribution in [2.75, 3.05) is 0 Å². The third kappa shape index (κ3) is 2.14. The van der Waals surface area contributed by atoms with E-state index in [2.05, 4.69) is 40.5 Å². The molecule has 1 fully saturated rings. The molecule has 1 aliphatic carbocycles. The molecule has 114 valence electrons. The van der Waals surface area contributed by atoms with E-state index in [9.17, 15) is 0 Å². The van der Waals surface area contributed by atoms with Gasteiger partial charge in [-0.15, -0.1) is 0 Å². The Bertz CT molecular complexity index is 806. The molecule has 4 rings (SSSR count). The summed E-state index contributed by atoms with van der Waals surface area (Å²) in [6, 6.07) is 2.34. The number of H-pyrrole nitrogens is 1. The smallest absolute Gasteiger partial charge is 0.137 e. The predicted octanol–water partition coefficient (Wildman–Crippen LogP) is 4.32. The van der Waals surface area contributed by atoms with E-state index in [4.69, 9.17) is 0 Å². The van der Waals surface area contributed by atoms with Crippen LogP contribution in [0.5, 0.6) is 0 Å². The summed E-state index contributed by atoms with van der Waals surface area (Å²) in [6.45, 7) is 2.11. The Balaban J connectivity index is 1.81. The minimum Gasteiger partial charge on any atom is -0.346 e. The zero-order valence-corrected chi connectivity index (χ0v) is 13.3. The van der Waals surface area contributed by atoms with E-state index in [1.54, 1.807) is 0 Å². The lowest BCUT2D eigenvalue weighted by atomic mass is 9.84. The minimum absolute atomic E-state index is 0.684. The van der Waals surface area contributed by atoms with Crippen LogP contribution in [0.4, 0.5) is 0 Å². The molecule has 0 saturated heterocycles. The van der Waals surface area contributed by atoms with Gasteiger partial charge in [-0.3, -0.25) is 4.68 Å². The van der Waals surface area contributed by atoms with Gasteiger partial charge in [-0.1, -0.05) is 19.3 Å². The standard InChI is InChI=1S/C18H22N4/c1-12-16(11-21-22(12)2)17-10-20-18-15(17)8-14(9-19-18)13-6-4-3-5-7-13/h8-11,13H,3-7H2,1-2H3,(H,19,20). The molecule has 4 heteroatoms. The SMILES string of the molecule is Cc1c(-c2c[nH]c3ncc(C4CCCCC4)cc23)cnn1C. The van der Waals surface area contributed by atoms with Crippen LogP contribution in [0.15, 0.2) is 24.7 Å². The van der Waals surface area contributed by atoms with Gasteiger partial charge < -0.3 is 4.98 Å². The predicted molar refractivity (Wildman–Crippen MR) is 88.9 cm³/mol. The Labute approximate surface area is 130 Å². The highest BCUT2D eigenvalue weighted by molar-refractivity contribution is 5.94. The number of rotatable bonds is 2. The molecule has 0 spiro atoms. The number of fused-ring (bicyclic) bond motifs is 1. The van der Waals surface area contributed by atoms with E-state index in [0.29, 0.717) is 5.92 Å². The summed E-state index contributed by atoms with van der Waals surface area (Å²) in [5.74, 6) is 0.684. The van der Waals surface area contributed by atoms with E-state index < -0.39 is 0 Å². The number of pyridine rings is 1. The second-order valence-electron chi connectivity index (χ2n) is 6.47. The Hall–Kier alpha value is -2.10. The zero-order chi connectivity index (χ0) is 15.1. The third-order valence-corrected chi connectivity index (χ3v) is 5.15. The fourth-order valence-corrected chi connectivity index (χ4v) is 3.66. The van der Waals surface area contributed by atoms with Crippen molar-refractivity contribution in [1.82, 2.24) is 19.7 Å². The van der Waals surface area contributed by atoms with Crippen molar-refractivity contribution in [2.45, 2.75) is 44.9 Å². The molecule has 22 heavy (non-hydrogen) atoms. The molecule has 0 aliphatic heterocycles. The first-order valence-electron chi connectivity index (χ1n) is 8.20. The molecule has 0 amide bonds. The highest BCUT2D eigenvalue weighted by Gasteiger charge is 2.18. The zero-order valence-electron chi connectivity index (χ0n) is 13.3. The maximum Gasteiger partial charge on any atom is 0.137 e. The van der Waals surface area contributed by atoms with Crippen molar-refractivity contribution < 1.29 is 0 Å². The summed E-state index contributed by atoms with van der Waals surface area (Å²) in [6.07, 6.45) is 12.8.